The third-order valence-electron chi connectivity index (χ3n) is 3.18. The lowest BCUT2D eigenvalue weighted by atomic mass is 10.0. The lowest BCUT2D eigenvalue weighted by Gasteiger charge is -2.12. The first-order valence-electron chi connectivity index (χ1n) is 6.75. The van der Waals surface area contributed by atoms with E-state index in [0.717, 1.165) is 16.7 Å². The van der Waals surface area contributed by atoms with Crippen molar-refractivity contribution in [2.24, 2.45) is 0 Å². The van der Waals surface area contributed by atoms with Gasteiger partial charge in [0.2, 0.25) is 0 Å². The van der Waals surface area contributed by atoms with Gasteiger partial charge in [-0.25, -0.2) is 4.39 Å². The maximum absolute atomic E-state index is 14.0. The Morgan fingerprint density at radius 3 is 2.60 bits per heavy atom. The molecule has 2 rings (SSSR count). The summed E-state index contributed by atoms with van der Waals surface area (Å²) in [6, 6.07) is 11.2. The third kappa shape index (κ3) is 3.59. The van der Waals surface area contributed by atoms with E-state index in [2.05, 4.69) is 19.2 Å². The van der Waals surface area contributed by atoms with Crippen molar-refractivity contribution >= 4 is 11.6 Å². The summed E-state index contributed by atoms with van der Waals surface area (Å²) in [5, 5.41) is 4.03. The van der Waals surface area contributed by atoms with E-state index in [1.165, 1.54) is 6.07 Å². The summed E-state index contributed by atoms with van der Waals surface area (Å²) in [7, 11) is 0. The fourth-order valence-electron chi connectivity index (χ4n) is 2.05. The van der Waals surface area contributed by atoms with Gasteiger partial charge in [-0.2, -0.15) is 0 Å². The standard InChI is InChI=1S/C17H19ClFN/c1-11(2)20-10-14-9-13(5-6-16(14)18)15-8-12(3)4-7-17(15)19/h4-9,11,20H,10H2,1-3H3. The van der Waals surface area contributed by atoms with Crippen molar-refractivity contribution in [1.29, 1.82) is 0 Å². The second-order valence-corrected chi connectivity index (χ2v) is 5.73. The van der Waals surface area contributed by atoms with Gasteiger partial charge in [0.15, 0.2) is 0 Å². The molecule has 3 heteroatoms. The highest BCUT2D eigenvalue weighted by Crippen LogP contribution is 2.28. The Labute approximate surface area is 124 Å². The molecule has 0 saturated heterocycles. The number of benzene rings is 2. The van der Waals surface area contributed by atoms with Crippen molar-refractivity contribution in [1.82, 2.24) is 5.32 Å². The zero-order valence-electron chi connectivity index (χ0n) is 12.0. The van der Waals surface area contributed by atoms with E-state index in [0.29, 0.717) is 23.2 Å². The second kappa shape index (κ2) is 6.38. The maximum Gasteiger partial charge on any atom is 0.131 e. The molecule has 0 radical (unpaired) electrons. The molecule has 2 aromatic carbocycles. The van der Waals surface area contributed by atoms with Crippen LogP contribution >= 0.6 is 11.6 Å². The normalized spacial score (nSPS) is 11.1. The maximum atomic E-state index is 14.0. The third-order valence-corrected chi connectivity index (χ3v) is 3.55. The fraction of sp³-hybridized carbons (Fsp3) is 0.294. The van der Waals surface area contributed by atoms with E-state index >= 15 is 0 Å². The summed E-state index contributed by atoms with van der Waals surface area (Å²) >= 11 is 6.20. The average molecular weight is 292 g/mol. The molecule has 1 nitrogen and oxygen atoms in total. The van der Waals surface area contributed by atoms with E-state index in [9.17, 15) is 4.39 Å². The van der Waals surface area contributed by atoms with E-state index in [-0.39, 0.29) is 5.82 Å². The predicted molar refractivity (Wildman–Crippen MR) is 83.6 cm³/mol. The summed E-state index contributed by atoms with van der Waals surface area (Å²) in [5.74, 6) is -0.208. The van der Waals surface area contributed by atoms with Crippen LogP contribution in [0, 0.1) is 12.7 Å². The van der Waals surface area contributed by atoms with Crippen molar-refractivity contribution in [3.63, 3.8) is 0 Å². The van der Waals surface area contributed by atoms with Gasteiger partial charge in [-0.15, -0.1) is 0 Å². The molecule has 0 spiro atoms. The van der Waals surface area contributed by atoms with Crippen LogP contribution < -0.4 is 5.32 Å². The molecule has 0 aromatic heterocycles. The molecule has 0 amide bonds. The predicted octanol–water partition coefficient (Wildman–Crippen LogP) is 4.95. The van der Waals surface area contributed by atoms with Gasteiger partial charge in [-0.1, -0.05) is 43.1 Å². The number of hydrogen-bond donors (Lipinski definition) is 1. The van der Waals surface area contributed by atoms with Gasteiger partial charge in [0.25, 0.3) is 0 Å². The van der Waals surface area contributed by atoms with Crippen LogP contribution in [0.5, 0.6) is 0 Å². The highest BCUT2D eigenvalue weighted by molar-refractivity contribution is 6.31. The van der Waals surface area contributed by atoms with Crippen LogP contribution in [0.25, 0.3) is 11.1 Å². The van der Waals surface area contributed by atoms with Gasteiger partial charge in [-0.05, 0) is 42.3 Å². The van der Waals surface area contributed by atoms with Gasteiger partial charge in [0, 0.05) is 23.2 Å². The highest BCUT2D eigenvalue weighted by atomic mass is 35.5. The highest BCUT2D eigenvalue weighted by Gasteiger charge is 2.08. The van der Waals surface area contributed by atoms with Gasteiger partial charge in [0.1, 0.15) is 5.82 Å². The summed E-state index contributed by atoms with van der Waals surface area (Å²) in [4.78, 5) is 0. The molecule has 0 unspecified atom stereocenters. The Morgan fingerprint density at radius 1 is 1.15 bits per heavy atom. The van der Waals surface area contributed by atoms with E-state index < -0.39 is 0 Å². The summed E-state index contributed by atoms with van der Waals surface area (Å²) in [5.41, 5.74) is 3.50. The quantitative estimate of drug-likeness (QED) is 0.840. The van der Waals surface area contributed by atoms with Gasteiger partial charge < -0.3 is 5.32 Å². The molecule has 0 atom stereocenters. The monoisotopic (exact) mass is 291 g/mol. The molecular formula is C17H19ClFN. The molecule has 0 fully saturated rings. The van der Waals surface area contributed by atoms with Crippen molar-refractivity contribution < 1.29 is 4.39 Å². The topological polar surface area (TPSA) is 12.0 Å². The van der Waals surface area contributed by atoms with Crippen molar-refractivity contribution in [3.05, 3.63) is 58.4 Å². The first-order valence-corrected chi connectivity index (χ1v) is 7.13. The first-order chi connectivity index (χ1) is 9.47. The van der Waals surface area contributed by atoms with Crippen molar-refractivity contribution in [2.75, 3.05) is 0 Å². The van der Waals surface area contributed by atoms with Crippen molar-refractivity contribution in [2.45, 2.75) is 33.4 Å². The second-order valence-electron chi connectivity index (χ2n) is 5.33. The van der Waals surface area contributed by atoms with Gasteiger partial charge in [0.05, 0.1) is 0 Å². The zero-order valence-corrected chi connectivity index (χ0v) is 12.8. The van der Waals surface area contributed by atoms with Crippen LogP contribution in [-0.4, -0.2) is 6.04 Å². The SMILES string of the molecule is Cc1ccc(F)c(-c2ccc(Cl)c(CNC(C)C)c2)c1. The minimum Gasteiger partial charge on any atom is -0.310 e. The molecule has 106 valence electrons. The average Bonchev–Trinajstić information content (AvgIpc) is 2.40. The smallest absolute Gasteiger partial charge is 0.131 e. The van der Waals surface area contributed by atoms with Crippen LogP contribution in [0.2, 0.25) is 5.02 Å². The van der Waals surface area contributed by atoms with Crippen molar-refractivity contribution in [3.8, 4) is 11.1 Å². The summed E-state index contributed by atoms with van der Waals surface area (Å²) in [6.07, 6.45) is 0. The Morgan fingerprint density at radius 2 is 1.90 bits per heavy atom. The molecule has 0 saturated carbocycles. The molecule has 0 aliphatic rings. The van der Waals surface area contributed by atoms with Crippen LogP contribution in [0.15, 0.2) is 36.4 Å². The van der Waals surface area contributed by atoms with E-state index in [1.807, 2.05) is 31.2 Å². The zero-order chi connectivity index (χ0) is 14.7. The van der Waals surface area contributed by atoms with Crippen LogP contribution in [0.3, 0.4) is 0 Å². The summed E-state index contributed by atoms with van der Waals surface area (Å²) in [6.45, 7) is 6.80. The Balaban J connectivity index is 2.37. The molecule has 20 heavy (non-hydrogen) atoms. The Kier molecular flexibility index (Phi) is 4.79. The first kappa shape index (κ1) is 15.0. The lowest BCUT2D eigenvalue weighted by molar-refractivity contribution is 0.589. The lowest BCUT2D eigenvalue weighted by Crippen LogP contribution is -2.22. The van der Waals surface area contributed by atoms with Gasteiger partial charge in [-0.3, -0.25) is 0 Å². The number of aryl methyl sites for hydroxylation is 1. The Bertz CT molecular complexity index is 608. The van der Waals surface area contributed by atoms with E-state index in [1.54, 1.807) is 6.07 Å². The molecule has 1 N–H and O–H groups in total. The molecular weight excluding hydrogens is 273 g/mol. The fourth-order valence-corrected chi connectivity index (χ4v) is 2.24. The Hall–Kier alpha value is -1.38. The van der Waals surface area contributed by atoms with Crippen LogP contribution in [-0.2, 0) is 6.54 Å². The molecule has 0 heterocycles. The van der Waals surface area contributed by atoms with Gasteiger partial charge >= 0.3 is 0 Å². The molecule has 0 aliphatic heterocycles. The van der Waals surface area contributed by atoms with Crippen LogP contribution in [0.1, 0.15) is 25.0 Å². The van der Waals surface area contributed by atoms with Crippen LogP contribution in [0.4, 0.5) is 4.39 Å². The largest absolute Gasteiger partial charge is 0.310 e. The van der Waals surface area contributed by atoms with E-state index in [4.69, 9.17) is 11.6 Å². The number of nitrogens with one attached hydrogen (secondary N) is 1. The minimum absolute atomic E-state index is 0.208. The molecule has 0 bridgehead atoms. The number of halogens is 2. The minimum atomic E-state index is -0.208. The summed E-state index contributed by atoms with van der Waals surface area (Å²) < 4.78 is 14.0. The molecule has 0 aliphatic carbocycles. The number of rotatable bonds is 4. The number of hydrogen-bond acceptors (Lipinski definition) is 1. The molecule has 2 aromatic rings.